The molecule has 0 aromatic heterocycles. The number of benzene rings is 3. The van der Waals surface area contributed by atoms with Crippen molar-refractivity contribution in [3.8, 4) is 0 Å². The van der Waals surface area contributed by atoms with Gasteiger partial charge in [-0.25, -0.2) is 0 Å². The lowest BCUT2D eigenvalue weighted by molar-refractivity contribution is 0.101. The normalized spacial score (nSPS) is 9.23. The van der Waals surface area contributed by atoms with Crippen molar-refractivity contribution < 1.29 is 9.59 Å². The zero-order chi connectivity index (χ0) is 16.8. The summed E-state index contributed by atoms with van der Waals surface area (Å²) in [7, 11) is 0. The number of halogens is 2. The number of hydrogen-bond acceptors (Lipinski definition) is 2. The van der Waals surface area contributed by atoms with Gasteiger partial charge in [0.15, 0.2) is 0 Å². The van der Waals surface area contributed by atoms with Crippen molar-refractivity contribution in [2.45, 2.75) is 0 Å². The molecule has 6 heteroatoms. The lowest BCUT2D eigenvalue weighted by atomic mass is 10.1. The fourth-order valence-electron chi connectivity index (χ4n) is 2.22. The van der Waals surface area contributed by atoms with E-state index in [4.69, 9.17) is 0 Å². The summed E-state index contributed by atoms with van der Waals surface area (Å²) in [6.45, 7) is 0. The molecule has 4 nitrogen and oxygen atoms in total. The highest BCUT2D eigenvalue weighted by Crippen LogP contribution is 2.12. The van der Waals surface area contributed by atoms with Gasteiger partial charge in [0, 0.05) is 22.5 Å². The largest absolute Gasteiger partial charge is 0.322 e. The van der Waals surface area contributed by atoms with E-state index in [0.29, 0.717) is 11.1 Å². The van der Waals surface area contributed by atoms with Crippen LogP contribution in [0.15, 0.2) is 84.9 Å². The first-order valence-electron chi connectivity index (χ1n) is 7.55. The molecular weight excluding hydrogens is 371 g/mol. The first-order valence-corrected chi connectivity index (χ1v) is 7.55. The number of carbonyl (C=O) groups is 2. The molecule has 3 rings (SSSR count). The minimum atomic E-state index is -0.212. The number of para-hydroxylation sites is 2. The Morgan fingerprint density at radius 2 is 0.808 bits per heavy atom. The molecule has 0 aliphatic heterocycles. The minimum Gasteiger partial charge on any atom is -0.322 e. The second-order valence-corrected chi connectivity index (χ2v) is 5.22. The topological polar surface area (TPSA) is 58.2 Å². The highest BCUT2D eigenvalue weighted by molar-refractivity contribution is 6.07. The van der Waals surface area contributed by atoms with Crippen molar-refractivity contribution >= 4 is 48.0 Å². The molecule has 0 unspecified atom stereocenters. The summed E-state index contributed by atoms with van der Waals surface area (Å²) in [6.07, 6.45) is 0. The molecule has 2 N–H and O–H groups in total. The average Bonchev–Trinajstić information content (AvgIpc) is 2.63. The van der Waals surface area contributed by atoms with Crippen LogP contribution in [0.3, 0.4) is 0 Å². The van der Waals surface area contributed by atoms with Gasteiger partial charge in [-0.15, -0.1) is 24.8 Å². The lowest BCUT2D eigenvalue weighted by Gasteiger charge is -2.07. The highest BCUT2D eigenvalue weighted by atomic mass is 35.5. The van der Waals surface area contributed by atoms with Crippen LogP contribution in [0, 0.1) is 0 Å². The van der Waals surface area contributed by atoms with Gasteiger partial charge in [0.05, 0.1) is 0 Å². The third kappa shape index (κ3) is 5.62. The van der Waals surface area contributed by atoms with E-state index in [9.17, 15) is 9.59 Å². The molecule has 2 amide bonds. The molecule has 134 valence electrons. The van der Waals surface area contributed by atoms with Gasteiger partial charge in [0.2, 0.25) is 0 Å². The Labute approximate surface area is 164 Å². The predicted molar refractivity (Wildman–Crippen MR) is 110 cm³/mol. The van der Waals surface area contributed by atoms with Gasteiger partial charge in [0.25, 0.3) is 11.8 Å². The van der Waals surface area contributed by atoms with Crippen molar-refractivity contribution in [1.29, 1.82) is 0 Å². The Kier molecular flexibility index (Phi) is 8.35. The Bertz CT molecular complexity index is 766. The average molecular weight is 389 g/mol. The lowest BCUT2D eigenvalue weighted by Crippen LogP contribution is -2.14. The molecule has 0 saturated heterocycles. The summed E-state index contributed by atoms with van der Waals surface area (Å²) < 4.78 is 0. The molecule has 0 aliphatic carbocycles. The SMILES string of the molecule is Cl.Cl.O=C(Nc1ccccc1)c1ccc(C(=O)Nc2ccccc2)cc1. The van der Waals surface area contributed by atoms with Crippen LogP contribution in [0.1, 0.15) is 20.7 Å². The molecule has 0 atom stereocenters. The van der Waals surface area contributed by atoms with Gasteiger partial charge in [-0.1, -0.05) is 36.4 Å². The number of anilines is 2. The molecule has 0 spiro atoms. The van der Waals surface area contributed by atoms with E-state index in [2.05, 4.69) is 10.6 Å². The molecule has 0 heterocycles. The monoisotopic (exact) mass is 388 g/mol. The van der Waals surface area contributed by atoms with Gasteiger partial charge < -0.3 is 10.6 Å². The molecule has 0 aliphatic rings. The van der Waals surface area contributed by atoms with Crippen LogP contribution < -0.4 is 10.6 Å². The van der Waals surface area contributed by atoms with Gasteiger partial charge in [-0.2, -0.15) is 0 Å². The first kappa shape index (κ1) is 21.2. The summed E-state index contributed by atoms with van der Waals surface area (Å²) in [5.74, 6) is -0.424. The van der Waals surface area contributed by atoms with Crippen molar-refractivity contribution in [2.75, 3.05) is 10.6 Å². The molecule has 26 heavy (non-hydrogen) atoms. The molecular formula is C20H18Cl2N2O2. The summed E-state index contributed by atoms with van der Waals surface area (Å²) >= 11 is 0. The van der Waals surface area contributed by atoms with Crippen LogP contribution in [0.25, 0.3) is 0 Å². The van der Waals surface area contributed by atoms with E-state index in [1.165, 1.54) is 0 Å². The van der Waals surface area contributed by atoms with Crippen molar-refractivity contribution in [2.24, 2.45) is 0 Å². The van der Waals surface area contributed by atoms with E-state index >= 15 is 0 Å². The number of nitrogens with one attached hydrogen (secondary N) is 2. The van der Waals surface area contributed by atoms with Crippen LogP contribution in [-0.2, 0) is 0 Å². The maximum Gasteiger partial charge on any atom is 0.255 e. The predicted octanol–water partition coefficient (Wildman–Crippen LogP) is 5.03. The standard InChI is InChI=1S/C20H16N2O2.2ClH/c23-19(21-17-7-3-1-4-8-17)15-11-13-16(14-12-15)20(24)22-18-9-5-2-6-10-18;;/h1-14H,(H,21,23)(H,22,24);2*1H. The van der Waals surface area contributed by atoms with E-state index in [1.807, 2.05) is 60.7 Å². The maximum atomic E-state index is 12.2. The molecule has 0 radical (unpaired) electrons. The summed E-state index contributed by atoms with van der Waals surface area (Å²) in [6, 6.07) is 25.0. The summed E-state index contributed by atoms with van der Waals surface area (Å²) in [5.41, 5.74) is 2.45. The smallest absolute Gasteiger partial charge is 0.255 e. The van der Waals surface area contributed by atoms with E-state index in [-0.39, 0.29) is 36.6 Å². The zero-order valence-corrected chi connectivity index (χ0v) is 15.3. The molecule has 0 bridgehead atoms. The fourth-order valence-corrected chi connectivity index (χ4v) is 2.22. The van der Waals surface area contributed by atoms with Crippen molar-refractivity contribution in [3.63, 3.8) is 0 Å². The third-order valence-electron chi connectivity index (χ3n) is 3.47. The van der Waals surface area contributed by atoms with Crippen molar-refractivity contribution in [1.82, 2.24) is 0 Å². The fraction of sp³-hybridized carbons (Fsp3) is 0. The second-order valence-electron chi connectivity index (χ2n) is 5.22. The molecule has 3 aromatic rings. The second kappa shape index (κ2) is 10.2. The molecule has 0 fully saturated rings. The number of hydrogen-bond donors (Lipinski definition) is 2. The minimum absolute atomic E-state index is 0. The van der Waals surface area contributed by atoms with Crippen LogP contribution in [0.4, 0.5) is 11.4 Å². The number of rotatable bonds is 4. The van der Waals surface area contributed by atoms with E-state index in [0.717, 1.165) is 11.4 Å². The van der Waals surface area contributed by atoms with Crippen LogP contribution in [0.2, 0.25) is 0 Å². The van der Waals surface area contributed by atoms with Crippen molar-refractivity contribution in [3.05, 3.63) is 96.1 Å². The Morgan fingerprint density at radius 1 is 0.500 bits per heavy atom. The maximum absolute atomic E-state index is 12.2. The van der Waals surface area contributed by atoms with E-state index in [1.54, 1.807) is 24.3 Å². The van der Waals surface area contributed by atoms with Gasteiger partial charge >= 0.3 is 0 Å². The van der Waals surface area contributed by atoms with Crippen LogP contribution in [-0.4, -0.2) is 11.8 Å². The van der Waals surface area contributed by atoms with E-state index < -0.39 is 0 Å². The molecule has 0 saturated carbocycles. The number of carbonyl (C=O) groups excluding carboxylic acids is 2. The number of amides is 2. The zero-order valence-electron chi connectivity index (χ0n) is 13.7. The quantitative estimate of drug-likeness (QED) is 0.657. The van der Waals surface area contributed by atoms with Gasteiger partial charge in [0.1, 0.15) is 0 Å². The highest BCUT2D eigenvalue weighted by Gasteiger charge is 2.09. The summed E-state index contributed by atoms with van der Waals surface area (Å²) in [4.78, 5) is 24.3. The van der Waals surface area contributed by atoms with Gasteiger partial charge in [-0.05, 0) is 48.5 Å². The first-order chi connectivity index (χ1) is 11.7. The van der Waals surface area contributed by atoms with Gasteiger partial charge in [-0.3, -0.25) is 9.59 Å². The Morgan fingerprint density at radius 3 is 1.12 bits per heavy atom. The third-order valence-corrected chi connectivity index (χ3v) is 3.47. The summed E-state index contributed by atoms with van der Waals surface area (Å²) in [5, 5.41) is 5.61. The molecule has 3 aromatic carbocycles. The Hall–Kier alpha value is -2.82. The van der Waals surface area contributed by atoms with Crippen LogP contribution in [0.5, 0.6) is 0 Å². The Balaban J connectivity index is 0.00000169. The van der Waals surface area contributed by atoms with Crippen LogP contribution >= 0.6 is 24.8 Å².